The predicted octanol–water partition coefficient (Wildman–Crippen LogP) is 0.954. The zero-order valence-corrected chi connectivity index (χ0v) is 11.9. The molecule has 1 N–H and O–H groups in total. The van der Waals surface area contributed by atoms with E-state index in [0.29, 0.717) is 0 Å². The van der Waals surface area contributed by atoms with Crippen molar-refractivity contribution in [2.24, 2.45) is 0 Å². The van der Waals surface area contributed by atoms with Crippen LogP contribution in [0, 0.1) is 0 Å². The van der Waals surface area contributed by atoms with Crippen LogP contribution in [0.3, 0.4) is 0 Å². The molecule has 114 valence electrons. The molecule has 0 radical (unpaired) electrons. The molecule has 0 heterocycles. The van der Waals surface area contributed by atoms with Gasteiger partial charge in [-0.15, -0.1) is 0 Å². The first-order valence-corrected chi connectivity index (χ1v) is 5.49. The van der Waals surface area contributed by atoms with Gasteiger partial charge in [0.25, 0.3) is 0 Å². The Bertz CT molecular complexity index is 241. The van der Waals surface area contributed by atoms with Crippen LogP contribution in [0.15, 0.2) is 0 Å². The molecule has 0 aliphatic carbocycles. The molecule has 0 amide bonds. The summed E-state index contributed by atoms with van der Waals surface area (Å²) in [4.78, 5) is 20.5. The zero-order chi connectivity index (χ0) is 15.3. The van der Waals surface area contributed by atoms with E-state index in [2.05, 4.69) is 18.9 Å². The van der Waals surface area contributed by atoms with E-state index in [9.17, 15) is 9.59 Å². The molecule has 0 rings (SSSR count). The fourth-order valence-corrected chi connectivity index (χ4v) is 0.560. The number of ether oxygens (including phenoxy) is 5. The van der Waals surface area contributed by atoms with Crippen molar-refractivity contribution in [1.29, 1.82) is 0 Å². The number of aliphatic hydroxyl groups excluding tert-OH is 1. The summed E-state index contributed by atoms with van der Waals surface area (Å²) < 4.78 is 22.1. The smallest absolute Gasteiger partial charge is 0.438 e. The van der Waals surface area contributed by atoms with Gasteiger partial charge in [-0.1, -0.05) is 0 Å². The monoisotopic (exact) mass is 282 g/mol. The van der Waals surface area contributed by atoms with E-state index in [1.165, 1.54) is 21.1 Å². The van der Waals surface area contributed by atoms with E-state index in [1.54, 1.807) is 14.0 Å². The first-order chi connectivity index (χ1) is 8.87. The summed E-state index contributed by atoms with van der Waals surface area (Å²) in [5.74, 6) is 0. The maximum absolute atomic E-state index is 10.3. The van der Waals surface area contributed by atoms with Crippen molar-refractivity contribution in [3.8, 4) is 0 Å². The van der Waals surface area contributed by atoms with Gasteiger partial charge in [-0.2, -0.15) is 0 Å². The Morgan fingerprint density at radius 1 is 0.947 bits per heavy atom. The zero-order valence-electron chi connectivity index (χ0n) is 11.9. The maximum Gasteiger partial charge on any atom is 0.508 e. The Kier molecular flexibility index (Phi) is 13.4. The van der Waals surface area contributed by atoms with Gasteiger partial charge in [-0.05, 0) is 13.8 Å². The lowest BCUT2D eigenvalue weighted by molar-refractivity contribution is 0.0171. The minimum Gasteiger partial charge on any atom is -0.438 e. The van der Waals surface area contributed by atoms with Gasteiger partial charge >= 0.3 is 12.3 Å². The molecule has 0 aliphatic rings. The van der Waals surface area contributed by atoms with Gasteiger partial charge in [0.1, 0.15) is 13.2 Å². The van der Waals surface area contributed by atoms with Gasteiger partial charge < -0.3 is 28.8 Å². The fraction of sp³-hybridized carbons (Fsp3) is 0.818. The van der Waals surface area contributed by atoms with Crippen LogP contribution in [0.4, 0.5) is 9.59 Å². The Morgan fingerprint density at radius 2 is 1.37 bits per heavy atom. The molecule has 2 atom stereocenters. The molecule has 19 heavy (non-hydrogen) atoms. The Balaban J connectivity index is 0. The first-order valence-electron chi connectivity index (χ1n) is 5.49. The van der Waals surface area contributed by atoms with E-state index >= 15 is 0 Å². The van der Waals surface area contributed by atoms with Crippen molar-refractivity contribution in [2.75, 3.05) is 34.5 Å². The van der Waals surface area contributed by atoms with Crippen LogP contribution >= 0.6 is 0 Å². The van der Waals surface area contributed by atoms with Crippen LogP contribution in [-0.4, -0.2) is 64.2 Å². The minimum absolute atomic E-state index is 0.0212. The SMILES string of the molecule is COC(=O)OCC(C)O.COC(=O)OCC(C)OC. The second-order valence-electron chi connectivity index (χ2n) is 3.43. The molecule has 0 bridgehead atoms. The first kappa shape index (κ1) is 19.8. The maximum atomic E-state index is 10.3. The fourth-order valence-electron chi connectivity index (χ4n) is 0.560. The Hall–Kier alpha value is -1.54. The molecule has 0 aromatic rings. The summed E-state index contributed by atoms with van der Waals surface area (Å²) in [6.45, 7) is 3.52. The lowest BCUT2D eigenvalue weighted by Gasteiger charge is -2.08. The minimum atomic E-state index is -0.768. The van der Waals surface area contributed by atoms with Gasteiger partial charge in [0, 0.05) is 7.11 Å². The van der Waals surface area contributed by atoms with Gasteiger partial charge in [-0.3, -0.25) is 0 Å². The van der Waals surface area contributed by atoms with Gasteiger partial charge in [0.15, 0.2) is 0 Å². The number of rotatable bonds is 5. The average Bonchev–Trinajstić information content (AvgIpc) is 2.41. The predicted molar refractivity (Wildman–Crippen MR) is 64.9 cm³/mol. The Morgan fingerprint density at radius 3 is 1.68 bits per heavy atom. The summed E-state index contributed by atoms with van der Waals surface area (Å²) in [5, 5.41) is 8.56. The molecule has 0 spiro atoms. The van der Waals surface area contributed by atoms with E-state index in [0.717, 1.165) is 0 Å². The van der Waals surface area contributed by atoms with Crippen molar-refractivity contribution in [3.63, 3.8) is 0 Å². The van der Waals surface area contributed by atoms with Crippen LogP contribution in [0.1, 0.15) is 13.8 Å². The molecule has 0 aromatic heterocycles. The summed E-state index contributed by atoms with van der Waals surface area (Å²) in [5.41, 5.74) is 0. The molecular weight excluding hydrogens is 260 g/mol. The van der Waals surface area contributed by atoms with Gasteiger partial charge in [0.05, 0.1) is 26.4 Å². The summed E-state index contributed by atoms with van der Waals surface area (Å²) in [7, 11) is 4.02. The number of carbonyl (C=O) groups is 2. The lowest BCUT2D eigenvalue weighted by Crippen LogP contribution is -2.17. The second kappa shape index (κ2) is 12.9. The van der Waals surface area contributed by atoms with Crippen molar-refractivity contribution < 1.29 is 38.4 Å². The summed E-state index contributed by atoms with van der Waals surface area (Å²) in [6.07, 6.45) is -2.16. The van der Waals surface area contributed by atoms with Crippen LogP contribution < -0.4 is 0 Å². The molecule has 2 unspecified atom stereocenters. The average molecular weight is 282 g/mol. The van der Waals surface area contributed by atoms with Crippen LogP contribution in [0.5, 0.6) is 0 Å². The van der Waals surface area contributed by atoms with E-state index in [4.69, 9.17) is 9.84 Å². The van der Waals surface area contributed by atoms with Gasteiger partial charge in [0.2, 0.25) is 0 Å². The van der Waals surface area contributed by atoms with Crippen LogP contribution in [-0.2, 0) is 23.7 Å². The summed E-state index contributed by atoms with van der Waals surface area (Å²) in [6, 6.07) is 0. The Labute approximate surface area is 112 Å². The summed E-state index contributed by atoms with van der Waals surface area (Å²) >= 11 is 0. The van der Waals surface area contributed by atoms with Crippen molar-refractivity contribution in [1.82, 2.24) is 0 Å². The van der Waals surface area contributed by atoms with Crippen molar-refractivity contribution in [3.05, 3.63) is 0 Å². The van der Waals surface area contributed by atoms with Gasteiger partial charge in [-0.25, -0.2) is 9.59 Å². The molecule has 8 nitrogen and oxygen atoms in total. The molecule has 0 saturated carbocycles. The number of carbonyl (C=O) groups excluding carboxylic acids is 2. The third-order valence-electron chi connectivity index (χ3n) is 1.61. The number of methoxy groups -OCH3 is 3. The highest BCUT2D eigenvalue weighted by atomic mass is 16.7. The number of hydrogen-bond donors (Lipinski definition) is 1. The molecular formula is C11H22O8. The van der Waals surface area contributed by atoms with E-state index < -0.39 is 18.4 Å². The highest BCUT2D eigenvalue weighted by Gasteiger charge is 2.04. The molecule has 0 saturated heterocycles. The normalized spacial score (nSPS) is 12.3. The number of aliphatic hydroxyl groups is 1. The van der Waals surface area contributed by atoms with Crippen molar-refractivity contribution in [2.45, 2.75) is 26.1 Å². The molecule has 8 heteroatoms. The molecule has 0 aliphatic heterocycles. The lowest BCUT2D eigenvalue weighted by atomic mass is 10.4. The highest BCUT2D eigenvalue weighted by Crippen LogP contribution is 1.90. The topological polar surface area (TPSA) is 101 Å². The van der Waals surface area contributed by atoms with Crippen LogP contribution in [0.25, 0.3) is 0 Å². The quantitative estimate of drug-likeness (QED) is 0.744. The largest absolute Gasteiger partial charge is 0.508 e. The number of hydrogen-bond acceptors (Lipinski definition) is 8. The molecule has 0 aromatic carbocycles. The third kappa shape index (κ3) is 16.5. The van der Waals surface area contributed by atoms with E-state index in [1.807, 2.05) is 0 Å². The highest BCUT2D eigenvalue weighted by molar-refractivity contribution is 5.59. The molecule has 0 fully saturated rings. The third-order valence-corrected chi connectivity index (χ3v) is 1.61. The standard InChI is InChI=1S/C6H12O4.C5H10O4/c1-5(8-2)4-10-6(7)9-3;1-4(6)3-9-5(7)8-2/h5H,4H2,1-3H3;4,6H,3H2,1-2H3. The van der Waals surface area contributed by atoms with E-state index in [-0.39, 0.29) is 19.3 Å². The van der Waals surface area contributed by atoms with Crippen LogP contribution in [0.2, 0.25) is 0 Å². The van der Waals surface area contributed by atoms with Crippen molar-refractivity contribution >= 4 is 12.3 Å². The second-order valence-corrected chi connectivity index (χ2v) is 3.43.